The first-order chi connectivity index (χ1) is 11.5. The van der Waals surface area contributed by atoms with Crippen molar-refractivity contribution in [1.29, 1.82) is 0 Å². The number of rotatable bonds is 5. The molecule has 4 heteroatoms. The van der Waals surface area contributed by atoms with Crippen LogP contribution in [-0.2, 0) is 14.3 Å². The van der Waals surface area contributed by atoms with E-state index in [0.29, 0.717) is 11.3 Å². The average Bonchev–Trinajstić information content (AvgIpc) is 2.57. The standard InChI is InChI=1S/C20H21NO3/c1-4-8-18(22)24-19(16-9-6-5-7-10-16)20(23)21-17-13-14(2)11-12-15(17)3/h4-13,19H,1-3H3,(H,21,23)/b8-4+/t19-/m1/s1. The molecule has 1 N–H and O–H groups in total. The van der Waals surface area contributed by atoms with Gasteiger partial charge in [0.25, 0.3) is 5.91 Å². The van der Waals surface area contributed by atoms with E-state index in [1.165, 1.54) is 6.08 Å². The van der Waals surface area contributed by atoms with E-state index in [1.807, 2.05) is 38.1 Å². The van der Waals surface area contributed by atoms with Crippen LogP contribution in [0, 0.1) is 13.8 Å². The number of anilines is 1. The Kier molecular flexibility index (Phi) is 5.90. The summed E-state index contributed by atoms with van der Waals surface area (Å²) in [5.41, 5.74) is 3.32. The Morgan fingerprint density at radius 1 is 1.08 bits per heavy atom. The number of hydrogen-bond donors (Lipinski definition) is 1. The molecule has 24 heavy (non-hydrogen) atoms. The van der Waals surface area contributed by atoms with E-state index in [4.69, 9.17) is 4.74 Å². The van der Waals surface area contributed by atoms with E-state index in [-0.39, 0.29) is 5.91 Å². The summed E-state index contributed by atoms with van der Waals surface area (Å²) in [7, 11) is 0. The van der Waals surface area contributed by atoms with Gasteiger partial charge in [0.1, 0.15) is 0 Å². The van der Waals surface area contributed by atoms with Gasteiger partial charge in [0.05, 0.1) is 0 Å². The molecule has 4 nitrogen and oxygen atoms in total. The maximum Gasteiger partial charge on any atom is 0.331 e. The maximum absolute atomic E-state index is 12.7. The first-order valence-corrected chi connectivity index (χ1v) is 7.77. The van der Waals surface area contributed by atoms with Gasteiger partial charge in [-0.1, -0.05) is 48.5 Å². The average molecular weight is 323 g/mol. The Labute approximate surface area is 142 Å². The summed E-state index contributed by atoms with van der Waals surface area (Å²) in [4.78, 5) is 24.5. The quantitative estimate of drug-likeness (QED) is 0.665. The lowest BCUT2D eigenvalue weighted by Crippen LogP contribution is -2.25. The van der Waals surface area contributed by atoms with Crippen molar-refractivity contribution in [1.82, 2.24) is 0 Å². The SMILES string of the molecule is C/C=C/C(=O)O[C@@H](C(=O)Nc1cc(C)ccc1C)c1ccccc1. The molecule has 0 saturated carbocycles. The number of carbonyl (C=O) groups excluding carboxylic acids is 2. The number of amides is 1. The molecule has 1 atom stereocenters. The minimum atomic E-state index is -1.00. The molecule has 1 amide bonds. The topological polar surface area (TPSA) is 55.4 Å². The lowest BCUT2D eigenvalue weighted by Gasteiger charge is -2.18. The molecule has 2 rings (SSSR count). The second-order valence-corrected chi connectivity index (χ2v) is 5.54. The van der Waals surface area contributed by atoms with Gasteiger partial charge in [-0.05, 0) is 38.0 Å². The van der Waals surface area contributed by atoms with Crippen LogP contribution in [-0.4, -0.2) is 11.9 Å². The molecule has 0 aliphatic carbocycles. The fraction of sp³-hybridized carbons (Fsp3) is 0.200. The van der Waals surface area contributed by atoms with E-state index in [9.17, 15) is 9.59 Å². The molecule has 0 radical (unpaired) electrons. The number of esters is 1. The first-order valence-electron chi connectivity index (χ1n) is 7.77. The van der Waals surface area contributed by atoms with Gasteiger partial charge in [0.15, 0.2) is 0 Å². The third-order valence-corrected chi connectivity index (χ3v) is 3.53. The number of benzene rings is 2. The van der Waals surface area contributed by atoms with Gasteiger partial charge in [-0.15, -0.1) is 0 Å². The summed E-state index contributed by atoms with van der Waals surface area (Å²) < 4.78 is 5.34. The molecule has 0 unspecified atom stereocenters. The van der Waals surface area contributed by atoms with Crippen molar-refractivity contribution in [3.8, 4) is 0 Å². The van der Waals surface area contributed by atoms with Gasteiger partial charge >= 0.3 is 5.97 Å². The second-order valence-electron chi connectivity index (χ2n) is 5.54. The fourth-order valence-corrected chi connectivity index (χ4v) is 2.26. The molecule has 0 spiro atoms. The van der Waals surface area contributed by atoms with Crippen LogP contribution in [0.25, 0.3) is 0 Å². The molecule has 0 aliphatic heterocycles. The highest BCUT2D eigenvalue weighted by Crippen LogP contribution is 2.22. The van der Waals surface area contributed by atoms with Gasteiger partial charge in [-0.25, -0.2) is 4.79 Å². The van der Waals surface area contributed by atoms with Crippen molar-refractivity contribution in [2.45, 2.75) is 26.9 Å². The van der Waals surface area contributed by atoms with Crippen molar-refractivity contribution in [2.75, 3.05) is 5.32 Å². The van der Waals surface area contributed by atoms with Crippen molar-refractivity contribution >= 4 is 17.6 Å². The highest BCUT2D eigenvalue weighted by atomic mass is 16.5. The van der Waals surface area contributed by atoms with Crippen LogP contribution in [0.4, 0.5) is 5.69 Å². The van der Waals surface area contributed by atoms with Crippen LogP contribution < -0.4 is 5.32 Å². The number of carbonyl (C=O) groups is 2. The van der Waals surface area contributed by atoms with Crippen LogP contribution in [0.2, 0.25) is 0 Å². The van der Waals surface area contributed by atoms with Gasteiger partial charge in [-0.3, -0.25) is 4.79 Å². The fourth-order valence-electron chi connectivity index (χ4n) is 2.26. The molecule has 0 saturated heterocycles. The summed E-state index contributed by atoms with van der Waals surface area (Å²) in [6.07, 6.45) is 1.86. The molecule has 2 aromatic carbocycles. The van der Waals surface area contributed by atoms with E-state index in [2.05, 4.69) is 5.32 Å². The number of ether oxygens (including phenoxy) is 1. The van der Waals surface area contributed by atoms with Crippen LogP contribution in [0.15, 0.2) is 60.7 Å². The molecule has 0 heterocycles. The molecule has 0 aliphatic rings. The third kappa shape index (κ3) is 4.56. The molecule has 0 aromatic heterocycles. The number of nitrogens with one attached hydrogen (secondary N) is 1. The van der Waals surface area contributed by atoms with Gasteiger partial charge in [-0.2, -0.15) is 0 Å². The van der Waals surface area contributed by atoms with Crippen LogP contribution in [0.5, 0.6) is 0 Å². The summed E-state index contributed by atoms with van der Waals surface area (Å²) in [6, 6.07) is 14.8. The van der Waals surface area contributed by atoms with E-state index < -0.39 is 12.1 Å². The Balaban J connectivity index is 2.27. The summed E-state index contributed by atoms with van der Waals surface area (Å²) >= 11 is 0. The third-order valence-electron chi connectivity index (χ3n) is 3.53. The highest BCUT2D eigenvalue weighted by Gasteiger charge is 2.24. The lowest BCUT2D eigenvalue weighted by molar-refractivity contribution is -0.149. The van der Waals surface area contributed by atoms with Crippen molar-refractivity contribution in [3.63, 3.8) is 0 Å². The zero-order valence-electron chi connectivity index (χ0n) is 14.1. The largest absolute Gasteiger partial charge is 0.444 e. The van der Waals surface area contributed by atoms with E-state index in [1.54, 1.807) is 37.3 Å². The minimum Gasteiger partial charge on any atom is -0.444 e. The van der Waals surface area contributed by atoms with Crippen molar-refractivity contribution in [2.24, 2.45) is 0 Å². The van der Waals surface area contributed by atoms with Gasteiger partial charge < -0.3 is 10.1 Å². The van der Waals surface area contributed by atoms with E-state index in [0.717, 1.165) is 11.1 Å². The van der Waals surface area contributed by atoms with Crippen molar-refractivity contribution < 1.29 is 14.3 Å². The highest BCUT2D eigenvalue weighted by molar-refractivity contribution is 5.97. The first kappa shape index (κ1) is 17.5. The zero-order valence-corrected chi connectivity index (χ0v) is 14.1. The molecule has 0 bridgehead atoms. The number of aryl methyl sites for hydroxylation is 2. The molecule has 2 aromatic rings. The Morgan fingerprint density at radius 2 is 1.79 bits per heavy atom. The normalized spacial score (nSPS) is 12.0. The monoisotopic (exact) mass is 323 g/mol. The lowest BCUT2D eigenvalue weighted by atomic mass is 10.1. The van der Waals surface area contributed by atoms with Crippen LogP contribution >= 0.6 is 0 Å². The van der Waals surface area contributed by atoms with Crippen molar-refractivity contribution in [3.05, 3.63) is 77.4 Å². The Hall–Kier alpha value is -2.88. The maximum atomic E-state index is 12.7. The summed E-state index contributed by atoms with van der Waals surface area (Å²) in [6.45, 7) is 5.59. The Bertz CT molecular complexity index is 751. The van der Waals surface area contributed by atoms with E-state index >= 15 is 0 Å². The van der Waals surface area contributed by atoms with Gasteiger partial charge in [0.2, 0.25) is 6.10 Å². The molecule has 124 valence electrons. The number of allylic oxidation sites excluding steroid dienone is 1. The van der Waals surface area contributed by atoms with Gasteiger partial charge in [0, 0.05) is 17.3 Å². The van der Waals surface area contributed by atoms with Crippen LogP contribution in [0.3, 0.4) is 0 Å². The zero-order chi connectivity index (χ0) is 17.5. The summed E-state index contributed by atoms with van der Waals surface area (Å²) in [5, 5.41) is 2.86. The molecular formula is C20H21NO3. The number of hydrogen-bond acceptors (Lipinski definition) is 3. The van der Waals surface area contributed by atoms with Crippen LogP contribution in [0.1, 0.15) is 29.7 Å². The smallest absolute Gasteiger partial charge is 0.331 e. The predicted molar refractivity (Wildman–Crippen MR) is 94.6 cm³/mol. The molecular weight excluding hydrogens is 302 g/mol. The Morgan fingerprint density at radius 3 is 2.46 bits per heavy atom. The predicted octanol–water partition coefficient (Wildman–Crippen LogP) is 4.10. The second kappa shape index (κ2) is 8.11. The minimum absolute atomic E-state index is 0.382. The molecule has 0 fully saturated rings. The summed E-state index contributed by atoms with van der Waals surface area (Å²) in [5.74, 6) is -0.935.